The fourth-order valence-corrected chi connectivity index (χ4v) is 2.52. The maximum atomic E-state index is 5.79. The third kappa shape index (κ3) is 6.51. The molecule has 142 valence electrons. The summed E-state index contributed by atoms with van der Waals surface area (Å²) in [4.78, 5) is 8.29. The van der Waals surface area contributed by atoms with Crippen LogP contribution in [-0.2, 0) is 13.0 Å². The van der Waals surface area contributed by atoms with Gasteiger partial charge in [-0.2, -0.15) is 0 Å². The lowest BCUT2D eigenvalue weighted by Crippen LogP contribution is -2.37. The van der Waals surface area contributed by atoms with Gasteiger partial charge in [0.15, 0.2) is 11.7 Å². The average molecular weight is 498 g/mol. The van der Waals surface area contributed by atoms with Crippen LogP contribution in [0.2, 0.25) is 5.15 Å². The number of halogens is 2. The monoisotopic (exact) mass is 497 g/mol. The van der Waals surface area contributed by atoms with Gasteiger partial charge in [-0.05, 0) is 18.1 Å². The zero-order chi connectivity index (χ0) is 18.2. The Bertz CT molecular complexity index is 852. The van der Waals surface area contributed by atoms with Gasteiger partial charge in [0.05, 0.1) is 6.54 Å². The lowest BCUT2D eigenvalue weighted by molar-refractivity contribution is 0.422. The second-order valence-electron chi connectivity index (χ2n) is 5.64. The first-order chi connectivity index (χ1) is 12.7. The lowest BCUT2D eigenvalue weighted by atomic mass is 10.2. The molecule has 0 bridgehead atoms. The van der Waals surface area contributed by atoms with Crippen molar-refractivity contribution in [3.05, 3.63) is 71.1 Å². The van der Waals surface area contributed by atoms with Crippen molar-refractivity contribution in [2.24, 2.45) is 4.99 Å². The van der Waals surface area contributed by atoms with Crippen molar-refractivity contribution in [2.45, 2.75) is 13.0 Å². The Balaban J connectivity index is 0.00000261. The standard InChI is InChI=1S/C19H20ClN5O.HI/c1-21-19(22-10-9-14-7-8-18(20)23-12-14)24-13-16-11-17(26-25-16)15-5-3-2-4-6-15;/h2-8,11-12H,9-10,13H2,1H3,(H2,21,22,24);1H. The summed E-state index contributed by atoms with van der Waals surface area (Å²) in [5.74, 6) is 1.46. The van der Waals surface area contributed by atoms with E-state index >= 15 is 0 Å². The van der Waals surface area contributed by atoms with Crippen LogP contribution in [0.3, 0.4) is 0 Å². The van der Waals surface area contributed by atoms with Crippen molar-refractivity contribution in [2.75, 3.05) is 13.6 Å². The summed E-state index contributed by atoms with van der Waals surface area (Å²) >= 11 is 5.79. The highest BCUT2D eigenvalue weighted by molar-refractivity contribution is 14.0. The molecule has 0 fully saturated rings. The molecule has 2 N–H and O–H groups in total. The van der Waals surface area contributed by atoms with Crippen LogP contribution in [0.5, 0.6) is 0 Å². The third-order valence-electron chi connectivity index (χ3n) is 3.77. The van der Waals surface area contributed by atoms with E-state index in [1.54, 1.807) is 19.3 Å². The zero-order valence-electron chi connectivity index (χ0n) is 14.9. The lowest BCUT2D eigenvalue weighted by Gasteiger charge is -2.10. The van der Waals surface area contributed by atoms with E-state index < -0.39 is 0 Å². The zero-order valence-corrected chi connectivity index (χ0v) is 17.9. The van der Waals surface area contributed by atoms with Gasteiger partial charge >= 0.3 is 0 Å². The van der Waals surface area contributed by atoms with E-state index in [-0.39, 0.29) is 24.0 Å². The van der Waals surface area contributed by atoms with Crippen LogP contribution in [0.15, 0.2) is 64.2 Å². The number of aromatic nitrogens is 2. The van der Waals surface area contributed by atoms with Gasteiger partial charge in [0.1, 0.15) is 10.8 Å². The average Bonchev–Trinajstić information content (AvgIpc) is 3.16. The Morgan fingerprint density at radius 1 is 1.15 bits per heavy atom. The van der Waals surface area contributed by atoms with Crippen molar-refractivity contribution < 1.29 is 4.52 Å². The fraction of sp³-hybridized carbons (Fsp3) is 0.211. The van der Waals surface area contributed by atoms with Gasteiger partial charge in [-0.15, -0.1) is 24.0 Å². The molecular weight excluding hydrogens is 477 g/mol. The van der Waals surface area contributed by atoms with Crippen LogP contribution in [0.4, 0.5) is 0 Å². The number of aliphatic imine (C=N–C) groups is 1. The van der Waals surface area contributed by atoms with E-state index in [1.165, 1.54) is 0 Å². The molecular formula is C19H21ClIN5O. The van der Waals surface area contributed by atoms with E-state index in [1.807, 2.05) is 42.5 Å². The number of guanidine groups is 1. The molecule has 27 heavy (non-hydrogen) atoms. The Morgan fingerprint density at radius 3 is 2.67 bits per heavy atom. The molecule has 0 saturated carbocycles. The molecule has 2 aromatic heterocycles. The molecule has 8 heteroatoms. The second kappa shape index (κ2) is 10.9. The van der Waals surface area contributed by atoms with Crippen molar-refractivity contribution in [1.82, 2.24) is 20.8 Å². The Morgan fingerprint density at radius 2 is 1.96 bits per heavy atom. The van der Waals surface area contributed by atoms with E-state index in [0.29, 0.717) is 17.7 Å². The summed E-state index contributed by atoms with van der Waals surface area (Å²) < 4.78 is 5.40. The van der Waals surface area contributed by atoms with E-state index in [2.05, 4.69) is 25.8 Å². The van der Waals surface area contributed by atoms with Crippen molar-refractivity contribution >= 4 is 41.5 Å². The van der Waals surface area contributed by atoms with E-state index in [9.17, 15) is 0 Å². The van der Waals surface area contributed by atoms with E-state index in [0.717, 1.165) is 35.5 Å². The fourth-order valence-electron chi connectivity index (χ4n) is 2.41. The smallest absolute Gasteiger partial charge is 0.191 e. The van der Waals surface area contributed by atoms with Gasteiger partial charge in [-0.1, -0.05) is 53.2 Å². The van der Waals surface area contributed by atoms with Gasteiger partial charge in [0.25, 0.3) is 0 Å². The second-order valence-corrected chi connectivity index (χ2v) is 6.03. The largest absolute Gasteiger partial charge is 0.356 e. The highest BCUT2D eigenvalue weighted by Gasteiger charge is 2.07. The minimum atomic E-state index is 0. The topological polar surface area (TPSA) is 75.3 Å². The first-order valence-electron chi connectivity index (χ1n) is 8.30. The number of pyridine rings is 1. The normalized spacial score (nSPS) is 11.0. The molecule has 0 aliphatic heterocycles. The first-order valence-corrected chi connectivity index (χ1v) is 8.68. The Hall–Kier alpha value is -2.13. The van der Waals surface area contributed by atoms with Gasteiger partial charge in [-0.25, -0.2) is 4.98 Å². The highest BCUT2D eigenvalue weighted by Crippen LogP contribution is 2.19. The summed E-state index contributed by atoms with van der Waals surface area (Å²) in [5, 5.41) is 11.1. The predicted molar refractivity (Wildman–Crippen MR) is 119 cm³/mol. The number of nitrogens with one attached hydrogen (secondary N) is 2. The van der Waals surface area contributed by atoms with Gasteiger partial charge in [0.2, 0.25) is 0 Å². The molecule has 0 saturated heterocycles. The highest BCUT2D eigenvalue weighted by atomic mass is 127. The third-order valence-corrected chi connectivity index (χ3v) is 4.00. The Kier molecular flexibility index (Phi) is 8.53. The quantitative estimate of drug-likeness (QED) is 0.234. The molecule has 3 aromatic rings. The summed E-state index contributed by atoms with van der Waals surface area (Å²) in [6, 6.07) is 15.6. The van der Waals surface area contributed by atoms with Crippen LogP contribution >= 0.6 is 35.6 Å². The maximum Gasteiger partial charge on any atom is 0.191 e. The molecule has 2 heterocycles. The summed E-state index contributed by atoms with van der Waals surface area (Å²) in [7, 11) is 1.73. The predicted octanol–water partition coefficient (Wildman–Crippen LogP) is 3.92. The Labute approximate surface area is 180 Å². The van der Waals surface area contributed by atoms with Crippen molar-refractivity contribution in [3.8, 4) is 11.3 Å². The van der Waals surface area contributed by atoms with Crippen LogP contribution in [0.1, 0.15) is 11.3 Å². The molecule has 1 aromatic carbocycles. The molecule has 0 radical (unpaired) electrons. The minimum Gasteiger partial charge on any atom is -0.356 e. The molecule has 0 amide bonds. The van der Waals surface area contributed by atoms with Crippen molar-refractivity contribution in [1.29, 1.82) is 0 Å². The first kappa shape index (κ1) is 21.2. The molecule has 0 spiro atoms. The molecule has 0 unspecified atom stereocenters. The summed E-state index contributed by atoms with van der Waals surface area (Å²) in [6.45, 7) is 1.26. The van der Waals surface area contributed by atoms with Crippen LogP contribution in [0, 0.1) is 0 Å². The van der Waals surface area contributed by atoms with Crippen LogP contribution < -0.4 is 10.6 Å². The summed E-state index contributed by atoms with van der Waals surface area (Å²) in [5.41, 5.74) is 2.93. The number of hydrogen-bond donors (Lipinski definition) is 2. The number of benzene rings is 1. The summed E-state index contributed by atoms with van der Waals surface area (Å²) in [6.07, 6.45) is 2.60. The van der Waals surface area contributed by atoms with Gasteiger partial charge in [0, 0.05) is 31.4 Å². The van der Waals surface area contributed by atoms with E-state index in [4.69, 9.17) is 16.1 Å². The number of hydrogen-bond acceptors (Lipinski definition) is 4. The van der Waals surface area contributed by atoms with Crippen molar-refractivity contribution in [3.63, 3.8) is 0 Å². The molecule has 0 aliphatic rings. The molecule has 3 rings (SSSR count). The maximum absolute atomic E-state index is 5.79. The number of rotatable bonds is 6. The number of nitrogens with zero attached hydrogens (tertiary/aromatic N) is 3. The van der Waals surface area contributed by atoms with Gasteiger partial charge < -0.3 is 15.2 Å². The van der Waals surface area contributed by atoms with Crippen LogP contribution in [-0.4, -0.2) is 29.7 Å². The molecule has 0 atom stereocenters. The molecule has 0 aliphatic carbocycles. The molecule has 6 nitrogen and oxygen atoms in total. The SMILES string of the molecule is CN=C(NCCc1ccc(Cl)nc1)NCc1cc(-c2ccccc2)on1.I. The van der Waals surface area contributed by atoms with Crippen LogP contribution in [0.25, 0.3) is 11.3 Å². The minimum absolute atomic E-state index is 0. The van der Waals surface area contributed by atoms with Gasteiger partial charge in [-0.3, -0.25) is 4.99 Å².